The maximum absolute atomic E-state index is 12.3. The number of nitrogens with zero attached hydrogens (tertiary/aromatic N) is 2. The summed E-state index contributed by atoms with van der Waals surface area (Å²) >= 11 is 0. The molecule has 1 heterocycles. The molecule has 1 aliphatic rings. The summed E-state index contributed by atoms with van der Waals surface area (Å²) in [6.45, 7) is 3.94. The molecule has 31 heavy (non-hydrogen) atoms. The number of ether oxygens (including phenoxy) is 3. The normalized spacial score (nSPS) is 13.3. The molecule has 0 saturated carbocycles. The summed E-state index contributed by atoms with van der Waals surface area (Å²) in [6.07, 6.45) is 3.93. The number of hydrazone groups is 1. The fraction of sp³-hybridized carbons (Fsp3) is 0.348. The topological polar surface area (TPSA) is 89.5 Å². The minimum absolute atomic E-state index is 0.204. The van der Waals surface area contributed by atoms with Crippen molar-refractivity contribution in [1.29, 1.82) is 0 Å². The molecular formula is C23H27N3O5. The molecule has 1 fully saturated rings. The Bertz CT molecular complexity index is 921. The smallest absolute Gasteiger partial charge is 0.344 e. The van der Waals surface area contributed by atoms with Crippen molar-refractivity contribution in [2.75, 3.05) is 38.3 Å². The monoisotopic (exact) mass is 425 g/mol. The molecule has 2 aromatic carbocycles. The lowest BCUT2D eigenvalue weighted by Crippen LogP contribution is -2.19. The molecule has 1 N–H and O–H groups in total. The number of benzene rings is 2. The molecule has 0 bridgehead atoms. The number of nitrogens with one attached hydrogen (secondary N) is 1. The minimum Gasteiger partial charge on any atom is -0.493 e. The summed E-state index contributed by atoms with van der Waals surface area (Å²) in [5.74, 6) is 0.115. The standard InChI is InChI=1S/C23H27N3O5/c1-3-30-22(27)16-31-20-11-6-17(14-21(20)29-2)15-24-25-23(28)18-7-9-19(10-8-18)26-12-4-5-13-26/h6-11,14-15H,3-5,12-13,16H2,1-2H3,(H,25,28)/b24-15-. The Kier molecular flexibility index (Phi) is 7.86. The van der Waals surface area contributed by atoms with E-state index in [0.717, 1.165) is 18.8 Å². The van der Waals surface area contributed by atoms with E-state index in [9.17, 15) is 9.59 Å². The highest BCUT2D eigenvalue weighted by atomic mass is 16.6. The van der Waals surface area contributed by atoms with Gasteiger partial charge in [-0.3, -0.25) is 4.79 Å². The molecule has 1 amide bonds. The van der Waals surface area contributed by atoms with Crippen LogP contribution in [0, 0.1) is 0 Å². The molecule has 2 aromatic rings. The summed E-state index contributed by atoms with van der Waals surface area (Å²) in [4.78, 5) is 26.1. The molecule has 1 saturated heterocycles. The zero-order valence-electron chi connectivity index (χ0n) is 17.8. The van der Waals surface area contributed by atoms with E-state index in [1.54, 1.807) is 37.3 Å². The van der Waals surface area contributed by atoms with E-state index in [1.807, 2.05) is 12.1 Å². The first kappa shape index (κ1) is 22.1. The summed E-state index contributed by atoms with van der Waals surface area (Å²) in [6, 6.07) is 12.6. The number of anilines is 1. The maximum Gasteiger partial charge on any atom is 0.344 e. The summed E-state index contributed by atoms with van der Waals surface area (Å²) in [5.41, 5.74) is 4.90. The van der Waals surface area contributed by atoms with Gasteiger partial charge in [0.25, 0.3) is 5.91 Å². The quantitative estimate of drug-likeness (QED) is 0.377. The van der Waals surface area contributed by atoms with E-state index in [4.69, 9.17) is 14.2 Å². The molecule has 0 spiro atoms. The number of hydrogen-bond donors (Lipinski definition) is 1. The second-order valence-electron chi connectivity index (χ2n) is 6.94. The average molecular weight is 425 g/mol. The molecule has 0 aliphatic carbocycles. The van der Waals surface area contributed by atoms with E-state index < -0.39 is 5.97 Å². The molecule has 0 unspecified atom stereocenters. The SMILES string of the molecule is CCOC(=O)COc1ccc(/C=N\NC(=O)c2ccc(N3CCCC3)cc2)cc1OC. The van der Waals surface area contributed by atoms with Crippen molar-refractivity contribution in [2.24, 2.45) is 5.10 Å². The van der Waals surface area contributed by atoms with Crippen LogP contribution in [0.15, 0.2) is 47.6 Å². The highest BCUT2D eigenvalue weighted by molar-refractivity contribution is 5.95. The van der Waals surface area contributed by atoms with Crippen molar-refractivity contribution in [3.8, 4) is 11.5 Å². The van der Waals surface area contributed by atoms with Crippen LogP contribution in [0.3, 0.4) is 0 Å². The summed E-state index contributed by atoms with van der Waals surface area (Å²) < 4.78 is 15.6. The third-order valence-electron chi connectivity index (χ3n) is 4.82. The van der Waals surface area contributed by atoms with Gasteiger partial charge < -0.3 is 19.1 Å². The van der Waals surface area contributed by atoms with Crippen LogP contribution in [0.2, 0.25) is 0 Å². The highest BCUT2D eigenvalue weighted by Crippen LogP contribution is 2.27. The van der Waals surface area contributed by atoms with Gasteiger partial charge in [0.15, 0.2) is 18.1 Å². The van der Waals surface area contributed by atoms with E-state index >= 15 is 0 Å². The van der Waals surface area contributed by atoms with Gasteiger partial charge in [0, 0.05) is 24.3 Å². The van der Waals surface area contributed by atoms with Gasteiger partial charge in [-0.05, 0) is 67.8 Å². The van der Waals surface area contributed by atoms with Crippen LogP contribution in [0.1, 0.15) is 35.7 Å². The third-order valence-corrected chi connectivity index (χ3v) is 4.82. The molecule has 0 radical (unpaired) electrons. The molecule has 8 nitrogen and oxygen atoms in total. The van der Waals surface area contributed by atoms with Crippen LogP contribution in [0.5, 0.6) is 11.5 Å². The van der Waals surface area contributed by atoms with Gasteiger partial charge in [-0.15, -0.1) is 0 Å². The van der Waals surface area contributed by atoms with E-state index in [-0.39, 0.29) is 12.5 Å². The molecular weight excluding hydrogens is 398 g/mol. The number of carbonyl (C=O) groups is 2. The maximum atomic E-state index is 12.3. The number of carbonyl (C=O) groups excluding carboxylic acids is 2. The van der Waals surface area contributed by atoms with Crippen molar-refractivity contribution >= 4 is 23.8 Å². The summed E-state index contributed by atoms with van der Waals surface area (Å²) in [5, 5.41) is 4.02. The summed E-state index contributed by atoms with van der Waals surface area (Å²) in [7, 11) is 1.50. The fourth-order valence-electron chi connectivity index (χ4n) is 3.25. The van der Waals surface area contributed by atoms with Gasteiger partial charge >= 0.3 is 5.97 Å². The van der Waals surface area contributed by atoms with Gasteiger partial charge in [0.2, 0.25) is 0 Å². The zero-order valence-corrected chi connectivity index (χ0v) is 17.8. The predicted molar refractivity (Wildman–Crippen MR) is 118 cm³/mol. The van der Waals surface area contributed by atoms with Crippen molar-refractivity contribution in [2.45, 2.75) is 19.8 Å². The Morgan fingerprint density at radius 2 is 1.84 bits per heavy atom. The van der Waals surface area contributed by atoms with Crippen molar-refractivity contribution in [1.82, 2.24) is 5.43 Å². The van der Waals surface area contributed by atoms with Crippen molar-refractivity contribution < 1.29 is 23.8 Å². The second kappa shape index (κ2) is 11.0. The van der Waals surface area contributed by atoms with E-state index in [1.165, 1.54) is 26.2 Å². The van der Waals surface area contributed by atoms with E-state index in [0.29, 0.717) is 29.2 Å². The third kappa shape index (κ3) is 6.21. The fourth-order valence-corrected chi connectivity index (χ4v) is 3.25. The van der Waals surface area contributed by atoms with Crippen LogP contribution in [0.4, 0.5) is 5.69 Å². The van der Waals surface area contributed by atoms with E-state index in [2.05, 4.69) is 15.4 Å². The lowest BCUT2D eigenvalue weighted by atomic mass is 10.2. The van der Waals surface area contributed by atoms with Crippen LogP contribution >= 0.6 is 0 Å². The molecule has 164 valence electrons. The Morgan fingerprint density at radius 1 is 1.10 bits per heavy atom. The largest absolute Gasteiger partial charge is 0.493 e. The lowest BCUT2D eigenvalue weighted by molar-refractivity contribution is -0.145. The first-order valence-electron chi connectivity index (χ1n) is 10.3. The highest BCUT2D eigenvalue weighted by Gasteiger charge is 2.13. The van der Waals surface area contributed by atoms with Gasteiger partial charge in [-0.25, -0.2) is 10.2 Å². The average Bonchev–Trinajstić information content (AvgIpc) is 3.33. The zero-order chi connectivity index (χ0) is 22.1. The first-order chi connectivity index (χ1) is 15.1. The number of amides is 1. The van der Waals surface area contributed by atoms with Gasteiger partial charge in [-0.1, -0.05) is 0 Å². The number of methoxy groups -OCH3 is 1. The van der Waals surface area contributed by atoms with Gasteiger partial charge in [0.05, 0.1) is 19.9 Å². The Balaban J connectivity index is 1.55. The molecule has 0 atom stereocenters. The van der Waals surface area contributed by atoms with Crippen LogP contribution in [-0.2, 0) is 9.53 Å². The predicted octanol–water partition coefficient (Wildman–Crippen LogP) is 3.00. The van der Waals surface area contributed by atoms with Crippen LogP contribution in [0.25, 0.3) is 0 Å². The second-order valence-corrected chi connectivity index (χ2v) is 6.94. The lowest BCUT2D eigenvalue weighted by Gasteiger charge is -2.17. The van der Waals surface area contributed by atoms with Crippen LogP contribution in [-0.4, -0.2) is 51.5 Å². The Hall–Kier alpha value is -3.55. The Morgan fingerprint density at radius 3 is 2.52 bits per heavy atom. The van der Waals surface area contributed by atoms with Gasteiger partial charge in [-0.2, -0.15) is 5.10 Å². The molecule has 8 heteroatoms. The van der Waals surface area contributed by atoms with Gasteiger partial charge in [0.1, 0.15) is 0 Å². The first-order valence-corrected chi connectivity index (χ1v) is 10.3. The number of esters is 1. The molecule has 3 rings (SSSR count). The van der Waals surface area contributed by atoms with Crippen LogP contribution < -0.4 is 19.8 Å². The number of hydrogen-bond acceptors (Lipinski definition) is 7. The van der Waals surface area contributed by atoms with Crippen molar-refractivity contribution in [3.63, 3.8) is 0 Å². The number of rotatable bonds is 9. The van der Waals surface area contributed by atoms with Crippen molar-refractivity contribution in [3.05, 3.63) is 53.6 Å². The molecule has 0 aromatic heterocycles. The Labute approximate surface area is 181 Å². The molecule has 1 aliphatic heterocycles. The minimum atomic E-state index is -0.452.